The van der Waals surface area contributed by atoms with E-state index in [0.717, 1.165) is 61.7 Å². The average Bonchev–Trinajstić information content (AvgIpc) is 3.30. The van der Waals surface area contributed by atoms with Crippen molar-refractivity contribution in [3.63, 3.8) is 0 Å². The van der Waals surface area contributed by atoms with Crippen molar-refractivity contribution < 1.29 is 0 Å². The molecule has 0 unspecified atom stereocenters. The second-order valence-electron chi connectivity index (χ2n) is 6.62. The van der Waals surface area contributed by atoms with Crippen molar-refractivity contribution >= 4 is 80.9 Å². The maximum Gasteiger partial charge on any atom is 0.186 e. The SMILES string of the molecule is Cc1ccc(Cl)c2sc(N3CCN(c4nc5ccc(Br)cc5s4)CC3)nc12. The van der Waals surface area contributed by atoms with Gasteiger partial charge in [-0.3, -0.25) is 0 Å². The van der Waals surface area contributed by atoms with Crippen LogP contribution in [0.15, 0.2) is 34.8 Å². The lowest BCUT2D eigenvalue weighted by Gasteiger charge is -2.34. The first-order chi connectivity index (χ1) is 13.1. The van der Waals surface area contributed by atoms with Gasteiger partial charge in [-0.15, -0.1) is 0 Å². The number of hydrogen-bond acceptors (Lipinski definition) is 6. The van der Waals surface area contributed by atoms with Gasteiger partial charge in [-0.1, -0.05) is 56.3 Å². The normalized spacial score (nSPS) is 15.2. The van der Waals surface area contributed by atoms with Crippen molar-refractivity contribution in [2.45, 2.75) is 6.92 Å². The topological polar surface area (TPSA) is 32.3 Å². The first-order valence-electron chi connectivity index (χ1n) is 8.70. The van der Waals surface area contributed by atoms with E-state index in [1.165, 1.54) is 10.3 Å². The van der Waals surface area contributed by atoms with Gasteiger partial charge in [0.2, 0.25) is 0 Å². The van der Waals surface area contributed by atoms with Gasteiger partial charge < -0.3 is 9.80 Å². The van der Waals surface area contributed by atoms with Crippen LogP contribution in [0.4, 0.5) is 10.3 Å². The highest BCUT2D eigenvalue weighted by atomic mass is 79.9. The van der Waals surface area contributed by atoms with Crippen molar-refractivity contribution in [2.75, 3.05) is 36.0 Å². The number of nitrogens with zero attached hydrogens (tertiary/aromatic N) is 4. The molecule has 0 aliphatic carbocycles. The number of aromatic nitrogens is 2. The molecule has 1 saturated heterocycles. The molecule has 3 heterocycles. The number of rotatable bonds is 2. The van der Waals surface area contributed by atoms with Crippen molar-refractivity contribution in [2.24, 2.45) is 0 Å². The molecule has 0 spiro atoms. The van der Waals surface area contributed by atoms with Crippen LogP contribution in [-0.4, -0.2) is 36.1 Å². The highest BCUT2D eigenvalue weighted by molar-refractivity contribution is 9.10. The standard InChI is InChI=1S/C19H16BrClN4S2/c1-11-2-4-13(21)17-16(11)23-19(27-17)25-8-6-24(7-9-25)18-22-14-5-3-12(20)10-15(14)26-18/h2-5,10H,6-9H2,1H3. The summed E-state index contributed by atoms with van der Waals surface area (Å²) < 4.78 is 3.41. The van der Waals surface area contributed by atoms with Crippen LogP contribution in [0.2, 0.25) is 5.02 Å². The lowest BCUT2D eigenvalue weighted by atomic mass is 10.2. The fraction of sp³-hybridized carbons (Fsp3) is 0.263. The van der Waals surface area contributed by atoms with Gasteiger partial charge in [0.1, 0.15) is 0 Å². The Bertz CT molecular complexity index is 1110. The molecule has 1 aliphatic rings. The number of aryl methyl sites for hydroxylation is 1. The van der Waals surface area contributed by atoms with Crippen molar-refractivity contribution in [1.82, 2.24) is 9.97 Å². The molecular weight excluding hydrogens is 464 g/mol. The van der Waals surface area contributed by atoms with Gasteiger partial charge in [-0.2, -0.15) is 0 Å². The third kappa shape index (κ3) is 3.20. The van der Waals surface area contributed by atoms with Crippen LogP contribution in [0, 0.1) is 6.92 Å². The fourth-order valence-electron chi connectivity index (χ4n) is 3.34. The second-order valence-corrected chi connectivity index (χ2v) is 9.93. The summed E-state index contributed by atoms with van der Waals surface area (Å²) in [5.41, 5.74) is 3.27. The number of fused-ring (bicyclic) bond motifs is 2. The summed E-state index contributed by atoms with van der Waals surface area (Å²) in [5, 5.41) is 2.96. The van der Waals surface area contributed by atoms with E-state index < -0.39 is 0 Å². The summed E-state index contributed by atoms with van der Waals surface area (Å²) >= 11 is 13.4. The molecule has 4 nitrogen and oxygen atoms in total. The van der Waals surface area contributed by atoms with Gasteiger partial charge in [-0.05, 0) is 36.8 Å². The first-order valence-corrected chi connectivity index (χ1v) is 11.5. The maximum atomic E-state index is 6.37. The van der Waals surface area contributed by atoms with Crippen molar-refractivity contribution in [3.8, 4) is 0 Å². The fourth-order valence-corrected chi connectivity index (χ4v) is 6.27. The summed E-state index contributed by atoms with van der Waals surface area (Å²) in [5.74, 6) is 0. The van der Waals surface area contributed by atoms with E-state index in [9.17, 15) is 0 Å². The van der Waals surface area contributed by atoms with E-state index in [1.807, 2.05) is 18.2 Å². The molecule has 2 aromatic carbocycles. The quantitative estimate of drug-likeness (QED) is 0.355. The van der Waals surface area contributed by atoms with Gasteiger partial charge in [0.15, 0.2) is 10.3 Å². The van der Waals surface area contributed by atoms with Crippen LogP contribution in [0.5, 0.6) is 0 Å². The molecule has 1 fully saturated rings. The number of halogens is 2. The number of thiazole rings is 2. The Labute approximate surface area is 178 Å². The molecule has 0 radical (unpaired) electrons. The van der Waals surface area contributed by atoms with Crippen LogP contribution in [-0.2, 0) is 0 Å². The smallest absolute Gasteiger partial charge is 0.186 e. The largest absolute Gasteiger partial charge is 0.345 e. The van der Waals surface area contributed by atoms with Gasteiger partial charge in [0.05, 0.1) is 25.5 Å². The molecule has 8 heteroatoms. The van der Waals surface area contributed by atoms with Crippen LogP contribution >= 0.6 is 50.2 Å². The second kappa shape index (κ2) is 6.88. The zero-order valence-corrected chi connectivity index (χ0v) is 18.6. The minimum atomic E-state index is 0.790. The van der Waals surface area contributed by atoms with E-state index in [2.05, 4.69) is 44.8 Å². The summed E-state index contributed by atoms with van der Waals surface area (Å²) in [6, 6.07) is 10.3. The molecule has 138 valence electrons. The van der Waals surface area contributed by atoms with Gasteiger partial charge in [-0.25, -0.2) is 9.97 Å². The minimum absolute atomic E-state index is 0.790. The predicted molar refractivity (Wildman–Crippen MR) is 121 cm³/mol. The molecular formula is C19H16BrClN4S2. The Kier molecular flexibility index (Phi) is 4.50. The van der Waals surface area contributed by atoms with E-state index >= 15 is 0 Å². The molecule has 1 aliphatic heterocycles. The van der Waals surface area contributed by atoms with E-state index in [0.29, 0.717) is 0 Å². The predicted octanol–water partition coefficient (Wildman–Crippen LogP) is 5.96. The monoisotopic (exact) mass is 478 g/mol. The van der Waals surface area contributed by atoms with Crippen molar-refractivity contribution in [3.05, 3.63) is 45.4 Å². The summed E-state index contributed by atoms with van der Waals surface area (Å²) in [6.07, 6.45) is 0. The molecule has 2 aromatic heterocycles. The molecule has 27 heavy (non-hydrogen) atoms. The third-order valence-electron chi connectivity index (χ3n) is 4.85. The average molecular weight is 480 g/mol. The van der Waals surface area contributed by atoms with E-state index in [1.54, 1.807) is 22.7 Å². The molecule has 5 rings (SSSR count). The number of hydrogen-bond donors (Lipinski definition) is 0. The molecule has 0 saturated carbocycles. The van der Waals surface area contributed by atoms with Crippen LogP contribution in [0.25, 0.3) is 20.4 Å². The number of piperazine rings is 1. The third-order valence-corrected chi connectivity index (χ3v) is 7.99. The summed E-state index contributed by atoms with van der Waals surface area (Å²) in [4.78, 5) is 14.4. The van der Waals surface area contributed by atoms with Gasteiger partial charge in [0, 0.05) is 30.7 Å². The molecule has 0 amide bonds. The maximum absolute atomic E-state index is 6.37. The number of anilines is 2. The van der Waals surface area contributed by atoms with Gasteiger partial charge >= 0.3 is 0 Å². The zero-order chi connectivity index (χ0) is 18.5. The first kappa shape index (κ1) is 17.7. The van der Waals surface area contributed by atoms with Crippen LogP contribution in [0.1, 0.15) is 5.56 Å². The molecule has 4 aromatic rings. The highest BCUT2D eigenvalue weighted by Crippen LogP contribution is 2.36. The minimum Gasteiger partial charge on any atom is -0.345 e. The Morgan fingerprint density at radius 1 is 0.963 bits per heavy atom. The Morgan fingerprint density at radius 2 is 1.67 bits per heavy atom. The lowest BCUT2D eigenvalue weighted by Crippen LogP contribution is -2.46. The Balaban J connectivity index is 1.36. The summed E-state index contributed by atoms with van der Waals surface area (Å²) in [6.45, 7) is 5.87. The highest BCUT2D eigenvalue weighted by Gasteiger charge is 2.23. The molecule has 0 atom stereocenters. The summed E-state index contributed by atoms with van der Waals surface area (Å²) in [7, 11) is 0. The Morgan fingerprint density at radius 3 is 2.37 bits per heavy atom. The van der Waals surface area contributed by atoms with Crippen LogP contribution < -0.4 is 9.80 Å². The number of benzene rings is 2. The van der Waals surface area contributed by atoms with E-state index in [4.69, 9.17) is 21.6 Å². The van der Waals surface area contributed by atoms with Crippen LogP contribution in [0.3, 0.4) is 0 Å². The molecule has 0 N–H and O–H groups in total. The van der Waals surface area contributed by atoms with Crippen molar-refractivity contribution in [1.29, 1.82) is 0 Å². The van der Waals surface area contributed by atoms with E-state index in [-0.39, 0.29) is 0 Å². The van der Waals surface area contributed by atoms with Gasteiger partial charge in [0.25, 0.3) is 0 Å². The lowest BCUT2D eigenvalue weighted by molar-refractivity contribution is 0.651. The zero-order valence-electron chi connectivity index (χ0n) is 14.6. The Hall–Kier alpha value is -1.41. The molecule has 0 bridgehead atoms.